The highest BCUT2D eigenvalue weighted by atomic mass is 35.5. The van der Waals surface area contributed by atoms with Crippen LogP contribution in [0.2, 0.25) is 5.02 Å². The Hall–Kier alpha value is -3.38. The largest absolute Gasteiger partial charge is 0.484 e. The highest BCUT2D eigenvalue weighted by Gasteiger charge is 2.31. The zero-order valence-corrected chi connectivity index (χ0v) is 20.0. The fourth-order valence-electron chi connectivity index (χ4n) is 3.51. The molecule has 178 valence electrons. The van der Waals surface area contributed by atoms with Gasteiger partial charge < -0.3 is 15.0 Å². The average molecular weight is 483 g/mol. The minimum Gasteiger partial charge on any atom is -0.484 e. The Labute approximate surface area is 204 Å². The van der Waals surface area contributed by atoms with Crippen LogP contribution in [0.3, 0.4) is 0 Å². The van der Waals surface area contributed by atoms with Gasteiger partial charge in [-0.05, 0) is 55.3 Å². The zero-order valence-electron chi connectivity index (χ0n) is 19.2. The SMILES string of the molecule is CC(C)NC(=O)C(Cc1ccccc1)N(Cc1ccc(F)cc1)C(=O)COc1cccc(Cl)c1. The third kappa shape index (κ3) is 7.59. The summed E-state index contributed by atoms with van der Waals surface area (Å²) in [5, 5.41) is 3.42. The van der Waals surface area contributed by atoms with Crippen LogP contribution >= 0.6 is 11.6 Å². The first-order chi connectivity index (χ1) is 16.3. The van der Waals surface area contributed by atoms with Crippen molar-refractivity contribution in [2.45, 2.75) is 38.9 Å². The van der Waals surface area contributed by atoms with Crippen LogP contribution in [-0.4, -0.2) is 35.4 Å². The molecule has 1 unspecified atom stereocenters. The number of nitrogens with zero attached hydrogens (tertiary/aromatic N) is 1. The number of hydrogen-bond donors (Lipinski definition) is 1. The Bertz CT molecular complexity index is 1090. The second kappa shape index (κ2) is 12.2. The molecule has 34 heavy (non-hydrogen) atoms. The highest BCUT2D eigenvalue weighted by Crippen LogP contribution is 2.19. The summed E-state index contributed by atoms with van der Waals surface area (Å²) in [6.07, 6.45) is 0.323. The van der Waals surface area contributed by atoms with Gasteiger partial charge in [0.2, 0.25) is 5.91 Å². The van der Waals surface area contributed by atoms with E-state index < -0.39 is 6.04 Å². The number of benzene rings is 3. The van der Waals surface area contributed by atoms with Gasteiger partial charge in [-0.15, -0.1) is 0 Å². The fraction of sp³-hybridized carbons (Fsp3) is 0.259. The summed E-state index contributed by atoms with van der Waals surface area (Å²) in [5.74, 6) is -0.556. The van der Waals surface area contributed by atoms with Gasteiger partial charge in [-0.25, -0.2) is 4.39 Å². The van der Waals surface area contributed by atoms with Gasteiger partial charge in [0.05, 0.1) is 0 Å². The molecule has 1 atom stereocenters. The number of hydrogen-bond acceptors (Lipinski definition) is 3. The Morgan fingerprint density at radius 3 is 2.32 bits per heavy atom. The van der Waals surface area contributed by atoms with Crippen molar-refractivity contribution in [2.24, 2.45) is 0 Å². The Kier molecular flexibility index (Phi) is 9.05. The molecular formula is C27H28ClFN2O3. The van der Waals surface area contributed by atoms with Gasteiger partial charge in [-0.3, -0.25) is 9.59 Å². The fourth-order valence-corrected chi connectivity index (χ4v) is 3.69. The number of rotatable bonds is 10. The lowest BCUT2D eigenvalue weighted by Gasteiger charge is -2.32. The molecule has 7 heteroatoms. The molecule has 0 aromatic heterocycles. The van der Waals surface area contributed by atoms with Crippen molar-refractivity contribution in [1.29, 1.82) is 0 Å². The molecular weight excluding hydrogens is 455 g/mol. The maximum Gasteiger partial charge on any atom is 0.261 e. The molecule has 0 bridgehead atoms. The van der Waals surface area contributed by atoms with E-state index in [0.29, 0.717) is 22.8 Å². The maximum atomic E-state index is 13.5. The summed E-state index contributed by atoms with van der Waals surface area (Å²) in [7, 11) is 0. The Morgan fingerprint density at radius 2 is 1.68 bits per heavy atom. The molecule has 3 aromatic carbocycles. The zero-order chi connectivity index (χ0) is 24.5. The van der Waals surface area contributed by atoms with Crippen molar-refractivity contribution in [2.75, 3.05) is 6.61 Å². The Morgan fingerprint density at radius 1 is 0.971 bits per heavy atom. The van der Waals surface area contributed by atoms with E-state index in [-0.39, 0.29) is 36.8 Å². The molecule has 0 radical (unpaired) electrons. The monoisotopic (exact) mass is 482 g/mol. The highest BCUT2D eigenvalue weighted by molar-refractivity contribution is 6.30. The summed E-state index contributed by atoms with van der Waals surface area (Å²) >= 11 is 6.01. The molecule has 0 spiro atoms. The predicted octanol–water partition coefficient (Wildman–Crippen LogP) is 5.02. The normalized spacial score (nSPS) is 11.7. The van der Waals surface area contributed by atoms with Gasteiger partial charge in [0.1, 0.15) is 17.6 Å². The standard InChI is InChI=1S/C27H28ClFN2O3/c1-19(2)30-27(33)25(15-20-7-4-3-5-8-20)31(17-21-11-13-23(29)14-12-21)26(32)18-34-24-10-6-9-22(28)16-24/h3-14,16,19,25H,15,17-18H2,1-2H3,(H,30,33). The lowest BCUT2D eigenvalue weighted by Crippen LogP contribution is -2.52. The number of carbonyl (C=O) groups excluding carboxylic acids is 2. The van der Waals surface area contributed by atoms with Crippen molar-refractivity contribution in [3.05, 3.63) is 101 Å². The van der Waals surface area contributed by atoms with Gasteiger partial charge in [-0.1, -0.05) is 60.1 Å². The molecule has 0 saturated carbocycles. The molecule has 3 aromatic rings. The lowest BCUT2D eigenvalue weighted by molar-refractivity contribution is -0.143. The van der Waals surface area contributed by atoms with Gasteiger partial charge in [-0.2, -0.15) is 0 Å². The van der Waals surface area contributed by atoms with Gasteiger partial charge in [0, 0.05) is 24.0 Å². The topological polar surface area (TPSA) is 58.6 Å². The number of halogens is 2. The van der Waals surface area contributed by atoms with Crippen molar-refractivity contribution < 1.29 is 18.7 Å². The van der Waals surface area contributed by atoms with Crippen LogP contribution in [0.15, 0.2) is 78.9 Å². The van der Waals surface area contributed by atoms with Crippen LogP contribution in [0.25, 0.3) is 0 Å². The van der Waals surface area contributed by atoms with E-state index in [2.05, 4.69) is 5.32 Å². The van der Waals surface area contributed by atoms with Gasteiger partial charge >= 0.3 is 0 Å². The van der Waals surface area contributed by atoms with Crippen LogP contribution in [0.4, 0.5) is 4.39 Å². The van der Waals surface area contributed by atoms with Gasteiger partial charge in [0.25, 0.3) is 5.91 Å². The van der Waals surface area contributed by atoms with Crippen molar-refractivity contribution in [1.82, 2.24) is 10.2 Å². The quantitative estimate of drug-likeness (QED) is 0.441. The Balaban J connectivity index is 1.90. The van der Waals surface area contributed by atoms with Crippen LogP contribution in [-0.2, 0) is 22.6 Å². The smallest absolute Gasteiger partial charge is 0.261 e. The number of amides is 2. The van der Waals surface area contributed by atoms with E-state index in [1.807, 2.05) is 44.2 Å². The molecule has 5 nitrogen and oxygen atoms in total. The summed E-state index contributed by atoms with van der Waals surface area (Å²) in [4.78, 5) is 28.1. The predicted molar refractivity (Wildman–Crippen MR) is 131 cm³/mol. The van der Waals surface area contributed by atoms with Crippen molar-refractivity contribution in [3.63, 3.8) is 0 Å². The average Bonchev–Trinajstić information content (AvgIpc) is 2.81. The summed E-state index contributed by atoms with van der Waals surface area (Å²) in [5.41, 5.74) is 1.62. The molecule has 2 amide bonds. The molecule has 3 rings (SSSR count). The number of nitrogens with one attached hydrogen (secondary N) is 1. The minimum atomic E-state index is -0.787. The molecule has 0 aliphatic heterocycles. The summed E-state index contributed by atoms with van der Waals surface area (Å²) in [6, 6.07) is 21.3. The third-order valence-electron chi connectivity index (χ3n) is 5.13. The van der Waals surface area contributed by atoms with Crippen LogP contribution in [0.5, 0.6) is 5.75 Å². The molecule has 1 N–H and O–H groups in total. The van der Waals surface area contributed by atoms with E-state index in [1.54, 1.807) is 36.4 Å². The second-order valence-corrected chi connectivity index (χ2v) is 8.70. The molecule has 0 aliphatic rings. The molecule has 0 heterocycles. The van der Waals surface area contributed by atoms with E-state index in [1.165, 1.54) is 17.0 Å². The van der Waals surface area contributed by atoms with Gasteiger partial charge in [0.15, 0.2) is 6.61 Å². The first kappa shape index (κ1) is 25.2. The molecule has 0 fully saturated rings. The molecule has 0 saturated heterocycles. The number of carbonyl (C=O) groups is 2. The first-order valence-electron chi connectivity index (χ1n) is 11.1. The van der Waals surface area contributed by atoms with E-state index >= 15 is 0 Å². The van der Waals surface area contributed by atoms with E-state index in [4.69, 9.17) is 16.3 Å². The second-order valence-electron chi connectivity index (χ2n) is 8.26. The third-order valence-corrected chi connectivity index (χ3v) is 5.36. The summed E-state index contributed by atoms with van der Waals surface area (Å²) in [6.45, 7) is 3.58. The first-order valence-corrected chi connectivity index (χ1v) is 11.5. The van der Waals surface area contributed by atoms with Crippen molar-refractivity contribution >= 4 is 23.4 Å². The lowest BCUT2D eigenvalue weighted by atomic mass is 10.0. The van der Waals surface area contributed by atoms with Crippen molar-refractivity contribution in [3.8, 4) is 5.75 Å². The summed E-state index contributed by atoms with van der Waals surface area (Å²) < 4.78 is 19.1. The minimum absolute atomic E-state index is 0.101. The number of ether oxygens (including phenoxy) is 1. The van der Waals surface area contributed by atoms with Crippen LogP contribution in [0, 0.1) is 5.82 Å². The molecule has 0 aliphatic carbocycles. The van der Waals surface area contributed by atoms with Crippen LogP contribution < -0.4 is 10.1 Å². The van der Waals surface area contributed by atoms with Crippen LogP contribution in [0.1, 0.15) is 25.0 Å². The van der Waals surface area contributed by atoms with E-state index in [9.17, 15) is 14.0 Å². The van der Waals surface area contributed by atoms with E-state index in [0.717, 1.165) is 5.56 Å². The maximum absolute atomic E-state index is 13.5.